The van der Waals surface area contributed by atoms with Gasteiger partial charge in [-0.05, 0) is 36.4 Å². The van der Waals surface area contributed by atoms with Crippen molar-refractivity contribution in [2.45, 2.75) is 6.54 Å². The van der Waals surface area contributed by atoms with Crippen LogP contribution in [-0.4, -0.2) is 31.1 Å². The molecule has 0 bridgehead atoms. The molecule has 0 saturated heterocycles. The van der Waals surface area contributed by atoms with E-state index in [-0.39, 0.29) is 12.4 Å². The molecule has 110 valence electrons. The molecule has 0 atom stereocenters. The third-order valence-corrected chi connectivity index (χ3v) is 3.09. The second kappa shape index (κ2) is 5.72. The highest BCUT2D eigenvalue weighted by Gasteiger charge is 2.18. The fourth-order valence-electron chi connectivity index (χ4n) is 2.15. The van der Waals surface area contributed by atoms with E-state index < -0.39 is 5.97 Å². The van der Waals surface area contributed by atoms with Crippen molar-refractivity contribution in [3.63, 3.8) is 0 Å². The number of carbonyl (C=O) groups is 1. The Kier molecular flexibility index (Phi) is 3.61. The summed E-state index contributed by atoms with van der Waals surface area (Å²) < 4.78 is 14.4. The van der Waals surface area contributed by atoms with E-state index in [1.165, 1.54) is 16.8 Å². The van der Waals surface area contributed by atoms with Gasteiger partial charge in [0.2, 0.25) is 0 Å². The zero-order chi connectivity index (χ0) is 15.5. The first-order chi connectivity index (χ1) is 10.6. The van der Waals surface area contributed by atoms with Gasteiger partial charge in [-0.25, -0.2) is 9.07 Å². The summed E-state index contributed by atoms with van der Waals surface area (Å²) in [6.45, 7) is -0.329. The van der Waals surface area contributed by atoms with Crippen LogP contribution >= 0.6 is 0 Å². The summed E-state index contributed by atoms with van der Waals surface area (Å²) in [4.78, 5) is 14.9. The van der Waals surface area contributed by atoms with Crippen LogP contribution in [0.3, 0.4) is 0 Å². The van der Waals surface area contributed by atoms with Gasteiger partial charge in [-0.3, -0.25) is 9.78 Å². The summed E-state index contributed by atoms with van der Waals surface area (Å²) in [6, 6.07) is 9.26. The Labute approximate surface area is 124 Å². The average molecular weight is 298 g/mol. The lowest BCUT2D eigenvalue weighted by molar-refractivity contribution is -0.137. The summed E-state index contributed by atoms with van der Waals surface area (Å²) >= 11 is 0. The van der Waals surface area contributed by atoms with Crippen LogP contribution < -0.4 is 0 Å². The largest absolute Gasteiger partial charge is 0.480 e. The molecule has 1 aromatic carbocycles. The molecule has 0 amide bonds. The number of aliphatic carboxylic acids is 1. The molecule has 6 nitrogen and oxygen atoms in total. The van der Waals surface area contributed by atoms with E-state index in [0.717, 1.165) is 5.56 Å². The minimum absolute atomic E-state index is 0.329. The van der Waals surface area contributed by atoms with Gasteiger partial charge in [0, 0.05) is 23.5 Å². The smallest absolute Gasteiger partial charge is 0.325 e. The highest BCUT2D eigenvalue weighted by atomic mass is 19.1. The van der Waals surface area contributed by atoms with Crippen molar-refractivity contribution in [2.24, 2.45) is 0 Å². The van der Waals surface area contributed by atoms with E-state index in [9.17, 15) is 9.18 Å². The van der Waals surface area contributed by atoms with E-state index in [4.69, 9.17) is 5.11 Å². The number of pyridine rings is 1. The van der Waals surface area contributed by atoms with E-state index in [1.54, 1.807) is 36.7 Å². The van der Waals surface area contributed by atoms with Crippen molar-refractivity contribution in [3.05, 3.63) is 54.6 Å². The summed E-state index contributed by atoms with van der Waals surface area (Å²) in [5, 5.41) is 17.0. The molecule has 3 aromatic rings. The number of benzene rings is 1. The van der Waals surface area contributed by atoms with Crippen molar-refractivity contribution in [1.82, 2.24) is 20.0 Å². The highest BCUT2D eigenvalue weighted by molar-refractivity contribution is 5.79. The average Bonchev–Trinajstić information content (AvgIpc) is 2.92. The van der Waals surface area contributed by atoms with Crippen LogP contribution in [0.5, 0.6) is 0 Å². The van der Waals surface area contributed by atoms with Crippen LogP contribution in [0, 0.1) is 5.82 Å². The van der Waals surface area contributed by atoms with E-state index in [0.29, 0.717) is 17.0 Å². The molecule has 0 aliphatic carbocycles. The van der Waals surface area contributed by atoms with Crippen LogP contribution in [-0.2, 0) is 11.3 Å². The summed E-state index contributed by atoms with van der Waals surface area (Å²) in [6.07, 6.45) is 3.22. The summed E-state index contributed by atoms with van der Waals surface area (Å²) in [5.74, 6) is -1.40. The molecule has 0 aliphatic rings. The molecule has 0 spiro atoms. The second-order valence-corrected chi connectivity index (χ2v) is 4.58. The van der Waals surface area contributed by atoms with Gasteiger partial charge in [-0.1, -0.05) is 5.21 Å². The first-order valence-corrected chi connectivity index (χ1v) is 6.47. The topological polar surface area (TPSA) is 80.9 Å². The van der Waals surface area contributed by atoms with Crippen LogP contribution in [0.25, 0.3) is 22.5 Å². The molecule has 0 saturated carbocycles. The molecule has 0 unspecified atom stereocenters. The predicted molar refractivity (Wildman–Crippen MR) is 76.3 cm³/mol. The van der Waals surface area contributed by atoms with E-state index in [1.807, 2.05) is 0 Å². The monoisotopic (exact) mass is 298 g/mol. The number of carboxylic acids is 1. The van der Waals surface area contributed by atoms with Crippen LogP contribution in [0.2, 0.25) is 0 Å². The Morgan fingerprint density at radius 2 is 1.77 bits per heavy atom. The lowest BCUT2D eigenvalue weighted by Gasteiger charge is -2.07. The van der Waals surface area contributed by atoms with Crippen LogP contribution in [0.4, 0.5) is 4.39 Å². The third-order valence-electron chi connectivity index (χ3n) is 3.09. The SMILES string of the molecule is O=C(O)Cn1nnc(-c2ccncc2)c1-c1ccc(F)cc1. The molecule has 0 radical (unpaired) electrons. The molecule has 2 heterocycles. The third kappa shape index (κ3) is 2.69. The maximum atomic E-state index is 13.1. The molecule has 0 aliphatic heterocycles. The normalized spacial score (nSPS) is 10.6. The van der Waals surface area contributed by atoms with Crippen molar-refractivity contribution in [3.8, 4) is 22.5 Å². The maximum Gasteiger partial charge on any atom is 0.325 e. The number of halogens is 1. The van der Waals surface area contributed by atoms with Crippen molar-refractivity contribution in [2.75, 3.05) is 0 Å². The van der Waals surface area contributed by atoms with Gasteiger partial charge in [0.25, 0.3) is 0 Å². The number of hydrogen-bond acceptors (Lipinski definition) is 4. The van der Waals surface area contributed by atoms with Gasteiger partial charge in [0.05, 0.1) is 5.69 Å². The zero-order valence-corrected chi connectivity index (χ0v) is 11.3. The fourth-order valence-corrected chi connectivity index (χ4v) is 2.15. The van der Waals surface area contributed by atoms with Crippen LogP contribution in [0.15, 0.2) is 48.8 Å². The van der Waals surface area contributed by atoms with Gasteiger partial charge in [0.1, 0.15) is 18.1 Å². The van der Waals surface area contributed by atoms with Crippen LogP contribution in [0.1, 0.15) is 0 Å². The second-order valence-electron chi connectivity index (χ2n) is 4.58. The lowest BCUT2D eigenvalue weighted by atomic mass is 10.1. The number of nitrogens with zero attached hydrogens (tertiary/aromatic N) is 4. The first-order valence-electron chi connectivity index (χ1n) is 6.47. The molecule has 1 N–H and O–H groups in total. The maximum absolute atomic E-state index is 13.1. The lowest BCUT2D eigenvalue weighted by Crippen LogP contribution is -2.11. The quantitative estimate of drug-likeness (QED) is 0.799. The molecular formula is C15H11FN4O2. The van der Waals surface area contributed by atoms with Gasteiger partial charge in [-0.2, -0.15) is 0 Å². The number of aromatic nitrogens is 4. The number of rotatable bonds is 4. The van der Waals surface area contributed by atoms with Gasteiger partial charge < -0.3 is 5.11 Å². The van der Waals surface area contributed by atoms with E-state index >= 15 is 0 Å². The number of hydrogen-bond donors (Lipinski definition) is 1. The van der Waals surface area contributed by atoms with Gasteiger partial charge in [0.15, 0.2) is 0 Å². The van der Waals surface area contributed by atoms with Crippen molar-refractivity contribution >= 4 is 5.97 Å². The predicted octanol–water partition coefficient (Wildman–Crippen LogP) is 2.23. The minimum Gasteiger partial charge on any atom is -0.480 e. The van der Waals surface area contributed by atoms with Gasteiger partial charge >= 0.3 is 5.97 Å². The molecule has 2 aromatic heterocycles. The van der Waals surface area contributed by atoms with E-state index in [2.05, 4.69) is 15.3 Å². The summed E-state index contributed by atoms with van der Waals surface area (Å²) in [7, 11) is 0. The number of carboxylic acid groups (broad SMARTS) is 1. The Hall–Kier alpha value is -3.09. The molecular weight excluding hydrogens is 287 g/mol. The fraction of sp³-hybridized carbons (Fsp3) is 0.0667. The Morgan fingerprint density at radius 3 is 2.41 bits per heavy atom. The molecule has 7 heteroatoms. The summed E-state index contributed by atoms with van der Waals surface area (Å²) in [5.41, 5.74) is 2.44. The van der Waals surface area contributed by atoms with Crippen molar-refractivity contribution in [1.29, 1.82) is 0 Å². The van der Waals surface area contributed by atoms with Gasteiger partial charge in [-0.15, -0.1) is 5.10 Å². The minimum atomic E-state index is -1.03. The van der Waals surface area contributed by atoms with Crippen molar-refractivity contribution < 1.29 is 14.3 Å². The first kappa shape index (κ1) is 13.9. The molecule has 0 fully saturated rings. The zero-order valence-electron chi connectivity index (χ0n) is 11.3. The Morgan fingerprint density at radius 1 is 1.09 bits per heavy atom. The standard InChI is InChI=1S/C15H11FN4O2/c16-12-3-1-11(2-4-12)15-14(10-5-7-17-8-6-10)18-19-20(15)9-13(21)22/h1-8H,9H2,(H,21,22). The molecule has 22 heavy (non-hydrogen) atoms. The highest BCUT2D eigenvalue weighted by Crippen LogP contribution is 2.30. The Bertz CT molecular complexity index is 800. The molecule has 3 rings (SSSR count). The Balaban J connectivity index is 2.17.